The van der Waals surface area contributed by atoms with Gasteiger partial charge in [0, 0.05) is 22.1 Å². The van der Waals surface area contributed by atoms with E-state index in [1.54, 1.807) is 0 Å². The van der Waals surface area contributed by atoms with Gasteiger partial charge in [0.2, 0.25) is 0 Å². The molecule has 2 heteroatoms. The Bertz CT molecular complexity index is 2620. The van der Waals surface area contributed by atoms with E-state index in [1.807, 2.05) is 48.6 Å². The Kier molecular flexibility index (Phi) is 9.68. The van der Waals surface area contributed by atoms with Crippen LogP contribution in [0.25, 0.3) is 66.6 Å². The molecule has 53 heavy (non-hydrogen) atoms. The van der Waals surface area contributed by atoms with E-state index < -0.39 is 0 Å². The van der Waals surface area contributed by atoms with E-state index >= 15 is 0 Å². The molecule has 8 aromatic rings. The fourth-order valence-electron chi connectivity index (χ4n) is 7.19. The first kappa shape index (κ1) is 33.5. The quantitative estimate of drug-likeness (QED) is 0.169. The molecular weight excluding hydrogens is 643 g/mol. The van der Waals surface area contributed by atoms with Gasteiger partial charge in [-0.2, -0.15) is 0 Å². The van der Waals surface area contributed by atoms with E-state index in [1.165, 1.54) is 66.1 Å². The highest BCUT2D eigenvalue weighted by Crippen LogP contribution is 2.39. The first-order valence-electron chi connectivity index (χ1n) is 18.3. The van der Waals surface area contributed by atoms with Crippen LogP contribution in [0.2, 0.25) is 0 Å². The van der Waals surface area contributed by atoms with Crippen molar-refractivity contribution in [3.05, 3.63) is 205 Å². The fourth-order valence-corrected chi connectivity index (χ4v) is 7.19. The zero-order valence-corrected chi connectivity index (χ0v) is 29.9. The van der Waals surface area contributed by atoms with E-state index in [0.29, 0.717) is 0 Å². The van der Waals surface area contributed by atoms with Crippen LogP contribution in [0.3, 0.4) is 0 Å². The third-order valence-corrected chi connectivity index (χ3v) is 9.94. The van der Waals surface area contributed by atoms with Crippen LogP contribution in [0, 0.1) is 0 Å². The average molecular weight is 684 g/mol. The second-order valence-electron chi connectivity index (χ2n) is 13.4. The van der Waals surface area contributed by atoms with Crippen LogP contribution in [0.5, 0.6) is 0 Å². The lowest BCUT2D eigenvalue weighted by Gasteiger charge is -2.19. The fraction of sp³-hybridized carbons (Fsp3) is 0.0588. The molecule has 1 aromatic heterocycles. The topological polar surface area (TPSA) is 25.2 Å². The molecule has 0 bridgehead atoms. The number of benzene rings is 7. The normalized spacial score (nSPS) is 12.7. The van der Waals surface area contributed by atoms with E-state index in [4.69, 9.17) is 4.42 Å². The second-order valence-corrected chi connectivity index (χ2v) is 13.4. The molecule has 1 aliphatic rings. The van der Waals surface area contributed by atoms with Gasteiger partial charge >= 0.3 is 0 Å². The van der Waals surface area contributed by atoms with Crippen molar-refractivity contribution >= 4 is 55.7 Å². The third kappa shape index (κ3) is 7.26. The highest BCUT2D eigenvalue weighted by molar-refractivity contribution is 6.04. The lowest BCUT2D eigenvalue weighted by atomic mass is 9.85. The van der Waals surface area contributed by atoms with Gasteiger partial charge in [-0.15, -0.1) is 0 Å². The van der Waals surface area contributed by atoms with Crippen molar-refractivity contribution in [2.24, 2.45) is 0 Å². The van der Waals surface area contributed by atoms with Crippen LogP contribution in [-0.4, -0.2) is 0 Å². The number of rotatable bonds is 7. The Balaban J connectivity index is 0.000000256. The largest absolute Gasteiger partial charge is 0.456 e. The molecule has 1 aliphatic carbocycles. The molecule has 0 unspecified atom stereocenters. The van der Waals surface area contributed by atoms with Gasteiger partial charge in [0.25, 0.3) is 0 Å². The molecule has 9 rings (SSSR count). The monoisotopic (exact) mass is 683 g/mol. The Labute approximate surface area is 311 Å². The van der Waals surface area contributed by atoms with Crippen LogP contribution in [-0.2, 0) is 0 Å². The van der Waals surface area contributed by atoms with Gasteiger partial charge in [-0.05, 0) is 112 Å². The first-order valence-corrected chi connectivity index (χ1v) is 18.3. The van der Waals surface area contributed by atoms with Crippen molar-refractivity contribution in [3.8, 4) is 22.3 Å². The summed E-state index contributed by atoms with van der Waals surface area (Å²) in [5.41, 5.74) is 14.2. The summed E-state index contributed by atoms with van der Waals surface area (Å²) in [4.78, 5) is 0. The molecule has 2 nitrogen and oxygen atoms in total. The molecule has 256 valence electrons. The minimum absolute atomic E-state index is 0.962. The highest BCUT2D eigenvalue weighted by Gasteiger charge is 2.16. The number of para-hydroxylation sites is 2. The zero-order chi connectivity index (χ0) is 36.0. The molecule has 0 aliphatic heterocycles. The Morgan fingerprint density at radius 2 is 1.25 bits per heavy atom. The zero-order valence-electron chi connectivity index (χ0n) is 29.9. The van der Waals surface area contributed by atoms with Crippen LogP contribution in [0.4, 0.5) is 11.4 Å². The summed E-state index contributed by atoms with van der Waals surface area (Å²) in [6, 6.07) is 55.4. The van der Waals surface area contributed by atoms with E-state index in [9.17, 15) is 0 Å². The molecular formula is C51H41NO. The van der Waals surface area contributed by atoms with Crippen LogP contribution in [0.15, 0.2) is 199 Å². The molecule has 7 aromatic carbocycles. The number of fused-ring (bicyclic) bond motifs is 4. The summed E-state index contributed by atoms with van der Waals surface area (Å²) in [6.45, 7) is 6.13. The van der Waals surface area contributed by atoms with Gasteiger partial charge in [-0.25, -0.2) is 0 Å². The molecule has 0 amide bonds. The number of hydrogen-bond donors (Lipinski definition) is 1. The molecule has 0 atom stereocenters. The lowest BCUT2D eigenvalue weighted by Crippen LogP contribution is -1.97. The van der Waals surface area contributed by atoms with E-state index in [2.05, 4.69) is 158 Å². The van der Waals surface area contributed by atoms with Crippen molar-refractivity contribution < 1.29 is 4.42 Å². The Morgan fingerprint density at radius 3 is 2.00 bits per heavy atom. The Hall–Kier alpha value is -6.64. The molecule has 0 saturated carbocycles. The SMILES string of the molecule is C=C/C=C\c1ccccc1-c1ccc(-c2ccc(Nc3ccc4ccccc4c3)cc2)cc1C1=C(C)CCC=C1.c1ccc2c(c1)oc1ccccc12. The van der Waals surface area contributed by atoms with Crippen LogP contribution in [0.1, 0.15) is 30.9 Å². The number of hydrogen-bond acceptors (Lipinski definition) is 2. The Morgan fingerprint density at radius 1 is 0.585 bits per heavy atom. The summed E-state index contributed by atoms with van der Waals surface area (Å²) in [5, 5.41) is 8.44. The third-order valence-electron chi connectivity index (χ3n) is 9.94. The number of nitrogens with one attached hydrogen (secondary N) is 1. The minimum Gasteiger partial charge on any atom is -0.456 e. The molecule has 1 heterocycles. The number of allylic oxidation sites excluding steroid dienone is 6. The standard InChI is InChI=1S/C39H33N.C12H8O/c1-3-4-12-31-14-8-10-17-37(31)38-25-21-33(27-39(38)36-16-9-5-11-28(36)2)30-18-22-34(23-19-30)40-35-24-20-29-13-6-7-15-32(29)26-35;1-3-7-11-9(5-1)10-6-2-4-8-12(10)13-11/h3-4,6-10,12-27,40H,1,5,11H2,2H3;1-8H/b12-4-;. The van der Waals surface area contributed by atoms with Gasteiger partial charge in [-0.3, -0.25) is 0 Å². The molecule has 0 radical (unpaired) electrons. The summed E-state index contributed by atoms with van der Waals surface area (Å²) in [6.07, 6.45) is 12.8. The predicted octanol–water partition coefficient (Wildman–Crippen LogP) is 14.8. The van der Waals surface area contributed by atoms with Gasteiger partial charge in [-0.1, -0.05) is 158 Å². The first-order chi connectivity index (χ1) is 26.1. The molecule has 0 fully saturated rings. The minimum atomic E-state index is 0.962. The lowest BCUT2D eigenvalue weighted by molar-refractivity contribution is 0.669. The summed E-state index contributed by atoms with van der Waals surface area (Å²) in [5.74, 6) is 0. The van der Waals surface area contributed by atoms with Gasteiger partial charge < -0.3 is 9.73 Å². The summed E-state index contributed by atoms with van der Waals surface area (Å²) in [7, 11) is 0. The van der Waals surface area contributed by atoms with Gasteiger partial charge in [0.15, 0.2) is 0 Å². The molecule has 0 saturated heterocycles. The number of furan rings is 1. The average Bonchev–Trinajstić information content (AvgIpc) is 3.60. The highest BCUT2D eigenvalue weighted by atomic mass is 16.3. The maximum atomic E-state index is 5.65. The molecule has 1 N–H and O–H groups in total. The van der Waals surface area contributed by atoms with Crippen molar-refractivity contribution in [3.63, 3.8) is 0 Å². The maximum absolute atomic E-state index is 5.65. The van der Waals surface area contributed by atoms with E-state index in [0.717, 1.165) is 35.4 Å². The number of anilines is 2. The van der Waals surface area contributed by atoms with Crippen molar-refractivity contribution in [2.45, 2.75) is 19.8 Å². The predicted molar refractivity (Wildman–Crippen MR) is 228 cm³/mol. The van der Waals surface area contributed by atoms with Gasteiger partial charge in [0.05, 0.1) is 0 Å². The van der Waals surface area contributed by atoms with Crippen LogP contribution < -0.4 is 5.32 Å². The van der Waals surface area contributed by atoms with Crippen LogP contribution >= 0.6 is 0 Å². The summed E-state index contributed by atoms with van der Waals surface area (Å²) < 4.78 is 5.65. The smallest absolute Gasteiger partial charge is 0.135 e. The molecule has 0 spiro atoms. The van der Waals surface area contributed by atoms with Crippen molar-refractivity contribution in [2.75, 3.05) is 5.32 Å². The summed E-state index contributed by atoms with van der Waals surface area (Å²) >= 11 is 0. The van der Waals surface area contributed by atoms with E-state index in [-0.39, 0.29) is 0 Å². The van der Waals surface area contributed by atoms with Gasteiger partial charge in [0.1, 0.15) is 11.2 Å². The second kappa shape index (κ2) is 15.3. The van der Waals surface area contributed by atoms with Crippen molar-refractivity contribution in [1.29, 1.82) is 0 Å². The van der Waals surface area contributed by atoms with Crippen molar-refractivity contribution in [1.82, 2.24) is 0 Å². The maximum Gasteiger partial charge on any atom is 0.135 e.